The van der Waals surface area contributed by atoms with E-state index in [2.05, 4.69) is 31.9 Å². The lowest BCUT2D eigenvalue weighted by Crippen LogP contribution is -1.82. The number of benzene rings is 2. The van der Waals surface area contributed by atoms with Crippen molar-refractivity contribution < 1.29 is 0 Å². The van der Waals surface area contributed by atoms with E-state index in [0.717, 1.165) is 20.1 Å². The second-order valence-electron chi connectivity index (χ2n) is 3.25. The Morgan fingerprint density at radius 2 is 1.31 bits per heavy atom. The van der Waals surface area contributed by atoms with Gasteiger partial charge in [0.15, 0.2) is 0 Å². The van der Waals surface area contributed by atoms with Gasteiger partial charge in [0.05, 0.1) is 0 Å². The van der Waals surface area contributed by atoms with Crippen molar-refractivity contribution in [3.05, 3.63) is 55.4 Å². The summed E-state index contributed by atoms with van der Waals surface area (Å²) in [5, 5.41) is 1.30. The molecule has 0 fully saturated rings. The number of hydrogen-bond donors (Lipinski definition) is 0. The van der Waals surface area contributed by atoms with Gasteiger partial charge in [0.25, 0.3) is 0 Å². The summed E-state index contributed by atoms with van der Waals surface area (Å²) < 4.78 is 1.96. The zero-order valence-electron chi connectivity index (χ0n) is 7.98. The lowest BCUT2D eigenvalue weighted by molar-refractivity contribution is 1.56. The normalized spacial score (nSPS) is 10.5. The van der Waals surface area contributed by atoms with Crippen LogP contribution in [0.5, 0.6) is 0 Å². The number of halogens is 4. The molecule has 2 aromatic carbocycles. The van der Waals surface area contributed by atoms with Crippen LogP contribution in [-0.4, -0.2) is 0 Å². The first-order chi connectivity index (χ1) is 7.58. The molecule has 0 spiro atoms. The molecule has 0 aromatic heterocycles. The summed E-state index contributed by atoms with van der Waals surface area (Å²) in [7, 11) is 0. The first-order valence-corrected chi connectivity index (χ1v) is 6.82. The Balaban J connectivity index is 2.67. The summed E-state index contributed by atoms with van der Waals surface area (Å²) in [6.07, 6.45) is 0. The highest BCUT2D eigenvalue weighted by atomic mass is 79.9. The van der Waals surface area contributed by atoms with E-state index >= 15 is 0 Å². The Kier molecular flexibility index (Phi) is 3.96. The molecular formula is C12H6Br2Cl2. The Bertz CT molecular complexity index is 498. The fourth-order valence-electron chi connectivity index (χ4n) is 1.47. The number of rotatable bonds is 1. The van der Waals surface area contributed by atoms with E-state index in [1.165, 1.54) is 0 Å². The lowest BCUT2D eigenvalue weighted by Gasteiger charge is -2.08. The highest BCUT2D eigenvalue weighted by Gasteiger charge is 2.09. The van der Waals surface area contributed by atoms with E-state index in [-0.39, 0.29) is 0 Å². The van der Waals surface area contributed by atoms with Crippen LogP contribution in [0.25, 0.3) is 11.1 Å². The number of hydrogen-bond acceptors (Lipinski definition) is 0. The predicted octanol–water partition coefficient (Wildman–Crippen LogP) is 6.19. The van der Waals surface area contributed by atoms with Crippen LogP contribution in [0.4, 0.5) is 0 Å². The molecule has 0 saturated heterocycles. The van der Waals surface area contributed by atoms with Crippen molar-refractivity contribution in [2.45, 2.75) is 0 Å². The minimum absolute atomic E-state index is 0.650. The van der Waals surface area contributed by atoms with Crippen LogP contribution in [0.2, 0.25) is 10.0 Å². The average molecular weight is 381 g/mol. The summed E-state index contributed by atoms with van der Waals surface area (Å²) in [4.78, 5) is 0. The van der Waals surface area contributed by atoms with Gasteiger partial charge in [-0.15, -0.1) is 0 Å². The van der Waals surface area contributed by atoms with Crippen molar-refractivity contribution in [3.8, 4) is 11.1 Å². The molecule has 0 amide bonds. The molecule has 4 heteroatoms. The molecule has 16 heavy (non-hydrogen) atoms. The van der Waals surface area contributed by atoms with E-state index in [1.54, 1.807) is 0 Å². The van der Waals surface area contributed by atoms with Gasteiger partial charge >= 0.3 is 0 Å². The predicted molar refractivity (Wildman–Crippen MR) is 77.3 cm³/mol. The van der Waals surface area contributed by atoms with Gasteiger partial charge < -0.3 is 0 Å². The second kappa shape index (κ2) is 5.09. The van der Waals surface area contributed by atoms with E-state index in [0.29, 0.717) is 10.0 Å². The summed E-state index contributed by atoms with van der Waals surface area (Å²) in [6, 6.07) is 11.4. The van der Waals surface area contributed by atoms with E-state index in [1.807, 2.05) is 36.4 Å². The van der Waals surface area contributed by atoms with Gasteiger partial charge in [-0.25, -0.2) is 0 Å². The topological polar surface area (TPSA) is 0 Å². The Morgan fingerprint density at radius 3 is 1.81 bits per heavy atom. The minimum atomic E-state index is 0.650. The average Bonchev–Trinajstić information content (AvgIpc) is 2.15. The maximum Gasteiger partial charge on any atom is 0.0499 e. The molecule has 0 aliphatic heterocycles. The monoisotopic (exact) mass is 378 g/mol. The molecular weight excluding hydrogens is 375 g/mol. The lowest BCUT2D eigenvalue weighted by atomic mass is 10.1. The molecule has 2 rings (SSSR count). The molecule has 0 unspecified atom stereocenters. The maximum absolute atomic E-state index is 6.15. The van der Waals surface area contributed by atoms with Crippen LogP contribution in [0.1, 0.15) is 0 Å². The van der Waals surface area contributed by atoms with Gasteiger partial charge in [0.1, 0.15) is 0 Å². The molecule has 0 atom stereocenters. The van der Waals surface area contributed by atoms with Crippen LogP contribution in [0.15, 0.2) is 45.3 Å². The fraction of sp³-hybridized carbons (Fsp3) is 0. The third kappa shape index (κ3) is 2.62. The Hall–Kier alpha value is -0.0200. The summed E-state index contributed by atoms with van der Waals surface area (Å²) >= 11 is 19.2. The van der Waals surface area contributed by atoms with Crippen molar-refractivity contribution in [1.29, 1.82) is 0 Å². The zero-order valence-corrected chi connectivity index (χ0v) is 12.7. The van der Waals surface area contributed by atoms with E-state index in [9.17, 15) is 0 Å². The van der Waals surface area contributed by atoms with Crippen LogP contribution in [0.3, 0.4) is 0 Å². The van der Waals surface area contributed by atoms with Crippen LogP contribution in [0, 0.1) is 0 Å². The standard InChI is InChI=1S/C12H6Br2Cl2/c13-8-4-7(5-9(14)6-8)12-10(15)2-1-3-11(12)16/h1-6H. The largest absolute Gasteiger partial charge is 0.0836 e. The van der Waals surface area contributed by atoms with Crippen molar-refractivity contribution >= 4 is 55.1 Å². The third-order valence-electron chi connectivity index (χ3n) is 2.11. The molecule has 0 N–H and O–H groups in total. The molecule has 0 aliphatic rings. The molecule has 0 bridgehead atoms. The third-order valence-corrected chi connectivity index (χ3v) is 3.66. The van der Waals surface area contributed by atoms with Gasteiger partial charge in [-0.05, 0) is 35.9 Å². The summed E-state index contributed by atoms with van der Waals surface area (Å²) in [6.45, 7) is 0. The molecule has 2 aromatic rings. The van der Waals surface area contributed by atoms with Gasteiger partial charge in [-0.2, -0.15) is 0 Å². The van der Waals surface area contributed by atoms with Crippen molar-refractivity contribution in [1.82, 2.24) is 0 Å². The quantitative estimate of drug-likeness (QED) is 0.553. The minimum Gasteiger partial charge on any atom is -0.0836 e. The molecule has 0 saturated carbocycles. The Morgan fingerprint density at radius 1 is 0.812 bits per heavy atom. The van der Waals surface area contributed by atoms with Gasteiger partial charge in [0, 0.05) is 24.6 Å². The highest BCUT2D eigenvalue weighted by Crippen LogP contribution is 2.37. The molecule has 0 radical (unpaired) electrons. The maximum atomic E-state index is 6.15. The van der Waals surface area contributed by atoms with Crippen molar-refractivity contribution in [2.24, 2.45) is 0 Å². The van der Waals surface area contributed by atoms with Gasteiger partial charge in [-0.3, -0.25) is 0 Å². The zero-order chi connectivity index (χ0) is 11.7. The first kappa shape index (κ1) is 12.4. The van der Waals surface area contributed by atoms with Gasteiger partial charge in [-0.1, -0.05) is 61.1 Å². The highest BCUT2D eigenvalue weighted by molar-refractivity contribution is 9.11. The molecule has 0 nitrogen and oxygen atoms in total. The second-order valence-corrected chi connectivity index (χ2v) is 5.90. The van der Waals surface area contributed by atoms with Crippen molar-refractivity contribution in [2.75, 3.05) is 0 Å². The van der Waals surface area contributed by atoms with Crippen molar-refractivity contribution in [3.63, 3.8) is 0 Å². The van der Waals surface area contributed by atoms with E-state index in [4.69, 9.17) is 23.2 Å². The molecule has 82 valence electrons. The SMILES string of the molecule is Clc1cccc(Cl)c1-c1cc(Br)cc(Br)c1. The van der Waals surface area contributed by atoms with Gasteiger partial charge in [0.2, 0.25) is 0 Å². The van der Waals surface area contributed by atoms with Crippen LogP contribution < -0.4 is 0 Å². The van der Waals surface area contributed by atoms with Crippen LogP contribution >= 0.6 is 55.1 Å². The smallest absolute Gasteiger partial charge is 0.0499 e. The van der Waals surface area contributed by atoms with E-state index < -0.39 is 0 Å². The summed E-state index contributed by atoms with van der Waals surface area (Å²) in [5.41, 5.74) is 1.84. The summed E-state index contributed by atoms with van der Waals surface area (Å²) in [5.74, 6) is 0. The fourth-order valence-corrected chi connectivity index (χ4v) is 3.38. The Labute approximate surface area is 121 Å². The van der Waals surface area contributed by atoms with Crippen LogP contribution in [-0.2, 0) is 0 Å². The molecule has 0 aliphatic carbocycles. The first-order valence-electron chi connectivity index (χ1n) is 4.48. The molecule has 0 heterocycles.